The quantitative estimate of drug-likeness (QED) is 0.649. The van der Waals surface area contributed by atoms with E-state index >= 15 is 0 Å². The smallest absolute Gasteiger partial charge is 0.224 e. The zero-order valence-electron chi connectivity index (χ0n) is 15.4. The van der Waals surface area contributed by atoms with Crippen molar-refractivity contribution in [2.45, 2.75) is 19.8 Å². The van der Waals surface area contributed by atoms with Gasteiger partial charge in [-0.15, -0.1) is 0 Å². The van der Waals surface area contributed by atoms with E-state index in [1.807, 2.05) is 62.3 Å². The van der Waals surface area contributed by atoms with E-state index in [9.17, 15) is 4.79 Å². The number of ether oxygens (including phenoxy) is 2. The van der Waals surface area contributed by atoms with Crippen molar-refractivity contribution in [3.8, 4) is 11.5 Å². The Morgan fingerprint density at radius 3 is 2.42 bits per heavy atom. The van der Waals surface area contributed by atoms with Crippen LogP contribution in [0.3, 0.4) is 0 Å². The first kappa shape index (κ1) is 19.9. The topological polar surface area (TPSA) is 50.8 Å². The van der Waals surface area contributed by atoms with Crippen LogP contribution in [0.15, 0.2) is 42.5 Å². The molecule has 0 bridgehead atoms. The van der Waals surface area contributed by atoms with E-state index in [1.54, 1.807) is 6.07 Å². The molecule has 2 rings (SSSR count). The predicted octanol–water partition coefficient (Wildman–Crippen LogP) is 4.60. The molecular weight excluding hydrogens is 352 g/mol. The predicted molar refractivity (Wildman–Crippen MR) is 107 cm³/mol. The second kappa shape index (κ2) is 9.92. The van der Waals surface area contributed by atoms with E-state index in [4.69, 9.17) is 21.1 Å². The lowest BCUT2D eigenvalue weighted by Gasteiger charge is -2.15. The van der Waals surface area contributed by atoms with Gasteiger partial charge >= 0.3 is 0 Å². The van der Waals surface area contributed by atoms with Crippen LogP contribution in [0.25, 0.3) is 0 Å². The maximum absolute atomic E-state index is 12.1. The van der Waals surface area contributed by atoms with Crippen LogP contribution < -0.4 is 19.7 Å². The number of carbonyl (C=O) groups is 1. The molecule has 0 saturated heterocycles. The van der Waals surface area contributed by atoms with Gasteiger partial charge in [0, 0.05) is 26.2 Å². The third-order valence-electron chi connectivity index (χ3n) is 3.67. The summed E-state index contributed by atoms with van der Waals surface area (Å²) >= 11 is 6.22. The molecule has 2 aromatic carbocycles. The molecule has 0 spiro atoms. The van der Waals surface area contributed by atoms with Crippen molar-refractivity contribution < 1.29 is 14.3 Å². The van der Waals surface area contributed by atoms with Crippen LogP contribution in [0.5, 0.6) is 11.5 Å². The number of hydrogen-bond donors (Lipinski definition) is 1. The number of hydrogen-bond acceptors (Lipinski definition) is 4. The highest BCUT2D eigenvalue weighted by atomic mass is 35.5. The van der Waals surface area contributed by atoms with E-state index in [0.29, 0.717) is 42.5 Å². The monoisotopic (exact) mass is 376 g/mol. The van der Waals surface area contributed by atoms with E-state index < -0.39 is 0 Å². The number of carbonyl (C=O) groups excluding carboxylic acids is 1. The molecule has 1 amide bonds. The number of nitrogens with zero attached hydrogens (tertiary/aromatic N) is 1. The molecule has 0 saturated carbocycles. The summed E-state index contributed by atoms with van der Waals surface area (Å²) in [6, 6.07) is 13.0. The van der Waals surface area contributed by atoms with Crippen molar-refractivity contribution in [2.24, 2.45) is 0 Å². The van der Waals surface area contributed by atoms with Gasteiger partial charge in [0.1, 0.15) is 0 Å². The minimum Gasteiger partial charge on any atom is -0.490 e. The van der Waals surface area contributed by atoms with Crippen molar-refractivity contribution in [3.05, 3.63) is 47.5 Å². The number of nitrogens with one attached hydrogen (secondary N) is 1. The van der Waals surface area contributed by atoms with E-state index in [-0.39, 0.29) is 5.91 Å². The van der Waals surface area contributed by atoms with Crippen molar-refractivity contribution in [2.75, 3.05) is 37.5 Å². The number of halogens is 1. The van der Waals surface area contributed by atoms with Crippen LogP contribution in [0.4, 0.5) is 11.4 Å². The summed E-state index contributed by atoms with van der Waals surface area (Å²) in [7, 11) is 3.84. The molecule has 0 fully saturated rings. The number of benzene rings is 2. The molecule has 0 unspecified atom stereocenters. The van der Waals surface area contributed by atoms with E-state index in [0.717, 1.165) is 11.4 Å². The standard InChI is InChI=1S/C20H25ClN2O3/c1-4-25-18-8-5-6-9-19(18)26-13-7-10-20(24)22-15-11-12-17(23(2)3)16(21)14-15/h5-6,8-9,11-12,14H,4,7,10,13H2,1-3H3,(H,22,24). The summed E-state index contributed by atoms with van der Waals surface area (Å²) in [4.78, 5) is 14.0. The van der Waals surface area contributed by atoms with Crippen LogP contribution in [0, 0.1) is 0 Å². The van der Waals surface area contributed by atoms with Gasteiger partial charge in [-0.2, -0.15) is 0 Å². The first-order valence-electron chi connectivity index (χ1n) is 8.62. The normalized spacial score (nSPS) is 10.3. The fourth-order valence-electron chi connectivity index (χ4n) is 2.43. The highest BCUT2D eigenvalue weighted by molar-refractivity contribution is 6.33. The molecule has 5 nitrogen and oxygen atoms in total. The molecule has 140 valence electrons. The molecule has 0 aliphatic carbocycles. The Hall–Kier alpha value is -2.40. The van der Waals surface area contributed by atoms with Crippen molar-refractivity contribution >= 4 is 28.9 Å². The molecule has 0 radical (unpaired) electrons. The van der Waals surface area contributed by atoms with Crippen LogP contribution >= 0.6 is 11.6 Å². The molecule has 2 aromatic rings. The van der Waals surface area contributed by atoms with Gasteiger partial charge in [0.2, 0.25) is 5.91 Å². The maximum atomic E-state index is 12.1. The van der Waals surface area contributed by atoms with Gasteiger partial charge in [-0.3, -0.25) is 4.79 Å². The summed E-state index contributed by atoms with van der Waals surface area (Å²) in [5.74, 6) is 1.34. The SMILES string of the molecule is CCOc1ccccc1OCCCC(=O)Nc1ccc(N(C)C)c(Cl)c1. The number of anilines is 2. The number of rotatable bonds is 9. The Labute approximate surface area is 159 Å². The molecule has 0 heterocycles. The Kier molecular flexibility index (Phi) is 7.60. The van der Waals surface area contributed by atoms with Gasteiger partial charge < -0.3 is 19.7 Å². The van der Waals surface area contributed by atoms with E-state index in [2.05, 4.69) is 5.32 Å². The molecule has 26 heavy (non-hydrogen) atoms. The first-order valence-corrected chi connectivity index (χ1v) is 9.00. The summed E-state index contributed by atoms with van der Waals surface area (Å²) in [5, 5.41) is 3.46. The molecule has 0 aliphatic rings. The maximum Gasteiger partial charge on any atom is 0.224 e. The zero-order chi connectivity index (χ0) is 18.9. The summed E-state index contributed by atoms with van der Waals surface area (Å²) < 4.78 is 11.2. The fourth-order valence-corrected chi connectivity index (χ4v) is 2.78. The van der Waals surface area contributed by atoms with E-state index in [1.165, 1.54) is 0 Å². The summed E-state index contributed by atoms with van der Waals surface area (Å²) in [6.07, 6.45) is 0.972. The van der Waals surface area contributed by atoms with Crippen LogP contribution in [0.2, 0.25) is 5.02 Å². The van der Waals surface area contributed by atoms with Crippen molar-refractivity contribution in [3.63, 3.8) is 0 Å². The Balaban J connectivity index is 1.78. The number of amides is 1. The Bertz CT molecular complexity index is 735. The van der Waals surface area contributed by atoms with Crippen LogP contribution in [0.1, 0.15) is 19.8 Å². The second-order valence-electron chi connectivity index (χ2n) is 5.94. The minimum atomic E-state index is -0.0691. The first-order chi connectivity index (χ1) is 12.5. The van der Waals surface area contributed by atoms with Gasteiger partial charge in [0.15, 0.2) is 11.5 Å². The second-order valence-corrected chi connectivity index (χ2v) is 6.35. The molecule has 6 heteroatoms. The number of para-hydroxylation sites is 2. The fraction of sp³-hybridized carbons (Fsp3) is 0.350. The third-order valence-corrected chi connectivity index (χ3v) is 3.97. The zero-order valence-corrected chi connectivity index (χ0v) is 16.2. The van der Waals surface area contributed by atoms with Gasteiger partial charge in [-0.1, -0.05) is 23.7 Å². The Morgan fingerprint density at radius 1 is 1.12 bits per heavy atom. The van der Waals surface area contributed by atoms with Gasteiger partial charge in [0.05, 0.1) is 23.9 Å². The summed E-state index contributed by atoms with van der Waals surface area (Å²) in [5.41, 5.74) is 1.60. The van der Waals surface area contributed by atoms with Crippen LogP contribution in [-0.4, -0.2) is 33.2 Å². The van der Waals surface area contributed by atoms with Gasteiger partial charge in [-0.25, -0.2) is 0 Å². The van der Waals surface area contributed by atoms with Crippen molar-refractivity contribution in [1.29, 1.82) is 0 Å². The lowest BCUT2D eigenvalue weighted by Crippen LogP contribution is -2.14. The Morgan fingerprint density at radius 2 is 1.81 bits per heavy atom. The van der Waals surface area contributed by atoms with Crippen molar-refractivity contribution in [1.82, 2.24) is 0 Å². The molecule has 0 aliphatic heterocycles. The average molecular weight is 377 g/mol. The minimum absolute atomic E-state index is 0.0691. The highest BCUT2D eigenvalue weighted by Gasteiger charge is 2.08. The van der Waals surface area contributed by atoms with Crippen LogP contribution in [-0.2, 0) is 4.79 Å². The molecule has 0 aromatic heterocycles. The van der Waals surface area contributed by atoms with Gasteiger partial charge in [-0.05, 0) is 43.7 Å². The third kappa shape index (κ3) is 5.85. The highest BCUT2D eigenvalue weighted by Crippen LogP contribution is 2.28. The lowest BCUT2D eigenvalue weighted by atomic mass is 10.2. The molecule has 0 atom stereocenters. The summed E-state index contributed by atoms with van der Waals surface area (Å²) in [6.45, 7) is 2.95. The lowest BCUT2D eigenvalue weighted by molar-refractivity contribution is -0.116. The van der Waals surface area contributed by atoms with Gasteiger partial charge in [0.25, 0.3) is 0 Å². The molecular formula is C20H25ClN2O3. The largest absolute Gasteiger partial charge is 0.490 e. The average Bonchev–Trinajstić information content (AvgIpc) is 2.60. The molecule has 1 N–H and O–H groups in total.